The van der Waals surface area contributed by atoms with Crippen LogP contribution in [0.2, 0.25) is 0 Å². The van der Waals surface area contributed by atoms with Gasteiger partial charge in [0, 0.05) is 6.04 Å². The largest absolute Gasteiger partial charge is 0.341 e. The number of hydrogen-bond donors (Lipinski definition) is 2. The first-order valence-electron chi connectivity index (χ1n) is 8.03. The standard InChI is InChI=1S/C17H25N3/c1-13(18-14-9-5-3-2-4-6-10-14)17-19-15-11-7-8-12-16(15)20-17/h7-8,11-14,18H,2-6,9-10H2,1H3,(H,19,20). The van der Waals surface area contributed by atoms with E-state index in [1.165, 1.54) is 44.9 Å². The predicted molar refractivity (Wildman–Crippen MR) is 83.8 cm³/mol. The van der Waals surface area contributed by atoms with Crippen LogP contribution in [0.3, 0.4) is 0 Å². The van der Waals surface area contributed by atoms with E-state index in [-0.39, 0.29) is 0 Å². The summed E-state index contributed by atoms with van der Waals surface area (Å²) in [7, 11) is 0. The number of fused-ring (bicyclic) bond motifs is 1. The first kappa shape index (κ1) is 13.6. The minimum absolute atomic E-state index is 0.298. The number of hydrogen-bond acceptors (Lipinski definition) is 2. The summed E-state index contributed by atoms with van der Waals surface area (Å²) < 4.78 is 0. The third kappa shape index (κ3) is 3.21. The zero-order chi connectivity index (χ0) is 13.8. The number of rotatable bonds is 3. The molecule has 108 valence electrons. The molecule has 0 spiro atoms. The van der Waals surface area contributed by atoms with Crippen molar-refractivity contribution in [3.63, 3.8) is 0 Å². The van der Waals surface area contributed by atoms with Crippen molar-refractivity contribution in [3.8, 4) is 0 Å². The molecule has 0 radical (unpaired) electrons. The zero-order valence-electron chi connectivity index (χ0n) is 12.4. The van der Waals surface area contributed by atoms with Crippen LogP contribution in [0.4, 0.5) is 0 Å². The highest BCUT2D eigenvalue weighted by molar-refractivity contribution is 5.74. The Hall–Kier alpha value is -1.35. The van der Waals surface area contributed by atoms with Gasteiger partial charge in [-0.05, 0) is 31.9 Å². The van der Waals surface area contributed by atoms with Gasteiger partial charge in [-0.1, -0.05) is 44.2 Å². The second kappa shape index (κ2) is 6.40. The molecule has 1 saturated carbocycles. The number of para-hydroxylation sites is 2. The lowest BCUT2D eigenvalue weighted by atomic mass is 9.96. The highest BCUT2D eigenvalue weighted by Gasteiger charge is 2.16. The molecule has 0 bridgehead atoms. The highest BCUT2D eigenvalue weighted by Crippen LogP contribution is 2.21. The van der Waals surface area contributed by atoms with Gasteiger partial charge in [-0.3, -0.25) is 0 Å². The van der Waals surface area contributed by atoms with Gasteiger partial charge < -0.3 is 10.3 Å². The summed E-state index contributed by atoms with van der Waals surface area (Å²) in [5.41, 5.74) is 2.20. The van der Waals surface area contributed by atoms with Crippen molar-refractivity contribution < 1.29 is 0 Å². The van der Waals surface area contributed by atoms with Gasteiger partial charge in [-0.15, -0.1) is 0 Å². The topological polar surface area (TPSA) is 40.7 Å². The molecule has 0 amide bonds. The van der Waals surface area contributed by atoms with Gasteiger partial charge in [-0.2, -0.15) is 0 Å². The van der Waals surface area contributed by atoms with E-state index in [1.807, 2.05) is 6.07 Å². The summed E-state index contributed by atoms with van der Waals surface area (Å²) in [6, 6.07) is 9.20. The van der Waals surface area contributed by atoms with E-state index in [2.05, 4.69) is 35.4 Å². The molecule has 1 unspecified atom stereocenters. The summed E-state index contributed by atoms with van der Waals surface area (Å²) in [6.07, 6.45) is 9.57. The molecule has 0 aliphatic heterocycles. The van der Waals surface area contributed by atoms with Crippen LogP contribution in [-0.4, -0.2) is 16.0 Å². The van der Waals surface area contributed by atoms with E-state index in [1.54, 1.807) is 0 Å². The molecule has 2 N–H and O–H groups in total. The van der Waals surface area contributed by atoms with Crippen molar-refractivity contribution in [2.75, 3.05) is 0 Å². The Morgan fingerprint density at radius 1 is 1.10 bits per heavy atom. The van der Waals surface area contributed by atoms with Crippen LogP contribution in [-0.2, 0) is 0 Å². The van der Waals surface area contributed by atoms with Crippen molar-refractivity contribution in [1.29, 1.82) is 0 Å². The van der Waals surface area contributed by atoms with E-state index >= 15 is 0 Å². The molecule has 1 heterocycles. The van der Waals surface area contributed by atoms with Gasteiger partial charge >= 0.3 is 0 Å². The molecule has 1 aromatic carbocycles. The van der Waals surface area contributed by atoms with Crippen LogP contribution in [0.15, 0.2) is 24.3 Å². The number of H-pyrrole nitrogens is 1. The molecule has 2 aromatic rings. The second-order valence-electron chi connectivity index (χ2n) is 6.07. The van der Waals surface area contributed by atoms with Crippen molar-refractivity contribution in [2.24, 2.45) is 0 Å². The van der Waals surface area contributed by atoms with E-state index in [0.29, 0.717) is 12.1 Å². The molecule has 3 heteroatoms. The van der Waals surface area contributed by atoms with Crippen molar-refractivity contribution in [2.45, 2.75) is 64.0 Å². The minimum Gasteiger partial charge on any atom is -0.341 e. The van der Waals surface area contributed by atoms with Crippen molar-refractivity contribution in [1.82, 2.24) is 15.3 Å². The Balaban J connectivity index is 1.66. The van der Waals surface area contributed by atoms with E-state index in [9.17, 15) is 0 Å². The van der Waals surface area contributed by atoms with Crippen LogP contribution in [0.25, 0.3) is 11.0 Å². The Kier molecular flexibility index (Phi) is 4.36. The average molecular weight is 271 g/mol. The Morgan fingerprint density at radius 3 is 2.55 bits per heavy atom. The number of aromatic nitrogens is 2. The van der Waals surface area contributed by atoms with E-state index in [4.69, 9.17) is 4.98 Å². The van der Waals surface area contributed by atoms with Crippen LogP contribution < -0.4 is 5.32 Å². The Morgan fingerprint density at radius 2 is 1.80 bits per heavy atom. The molecule has 1 aliphatic rings. The molecule has 0 saturated heterocycles. The highest BCUT2D eigenvalue weighted by atomic mass is 15.0. The van der Waals surface area contributed by atoms with Crippen LogP contribution in [0.1, 0.15) is 63.7 Å². The number of imidazole rings is 1. The molecule has 1 aliphatic carbocycles. The lowest BCUT2D eigenvalue weighted by Crippen LogP contribution is -2.32. The maximum absolute atomic E-state index is 4.70. The third-order valence-electron chi connectivity index (χ3n) is 4.41. The fourth-order valence-corrected chi connectivity index (χ4v) is 3.23. The maximum atomic E-state index is 4.70. The SMILES string of the molecule is CC(NC1CCCCCCC1)c1nc2ccccc2[nH]1. The first-order chi connectivity index (χ1) is 9.83. The third-order valence-corrected chi connectivity index (χ3v) is 4.41. The zero-order valence-corrected chi connectivity index (χ0v) is 12.4. The normalized spacial score (nSPS) is 19.6. The molecular weight excluding hydrogens is 246 g/mol. The van der Waals surface area contributed by atoms with Crippen molar-refractivity contribution >= 4 is 11.0 Å². The molecule has 3 rings (SSSR count). The lowest BCUT2D eigenvalue weighted by molar-refractivity contribution is 0.358. The summed E-state index contributed by atoms with van der Waals surface area (Å²) in [5, 5.41) is 3.77. The number of nitrogens with one attached hydrogen (secondary N) is 2. The van der Waals surface area contributed by atoms with Crippen LogP contribution in [0.5, 0.6) is 0 Å². The number of aromatic amines is 1. The van der Waals surface area contributed by atoms with Gasteiger partial charge in [0.15, 0.2) is 0 Å². The van der Waals surface area contributed by atoms with Gasteiger partial charge in [0.2, 0.25) is 0 Å². The Bertz CT molecular complexity index is 505. The number of benzene rings is 1. The quantitative estimate of drug-likeness (QED) is 0.872. The van der Waals surface area contributed by atoms with E-state index in [0.717, 1.165) is 16.9 Å². The van der Waals surface area contributed by atoms with Gasteiger partial charge in [0.1, 0.15) is 5.82 Å². The summed E-state index contributed by atoms with van der Waals surface area (Å²) in [5.74, 6) is 1.06. The molecule has 3 nitrogen and oxygen atoms in total. The van der Waals surface area contributed by atoms with Gasteiger partial charge in [0.05, 0.1) is 17.1 Å². The Labute approximate surface area is 121 Å². The summed E-state index contributed by atoms with van der Waals surface area (Å²) in [4.78, 5) is 8.14. The van der Waals surface area contributed by atoms with Crippen LogP contribution >= 0.6 is 0 Å². The molecular formula is C17H25N3. The summed E-state index contributed by atoms with van der Waals surface area (Å²) in [6.45, 7) is 2.22. The average Bonchev–Trinajstić information content (AvgIpc) is 2.85. The smallest absolute Gasteiger partial charge is 0.124 e. The van der Waals surface area contributed by atoms with Gasteiger partial charge in [0.25, 0.3) is 0 Å². The maximum Gasteiger partial charge on any atom is 0.124 e. The molecule has 1 aromatic heterocycles. The fourth-order valence-electron chi connectivity index (χ4n) is 3.23. The monoisotopic (exact) mass is 271 g/mol. The molecule has 20 heavy (non-hydrogen) atoms. The van der Waals surface area contributed by atoms with Gasteiger partial charge in [-0.25, -0.2) is 4.98 Å². The molecule has 1 fully saturated rings. The minimum atomic E-state index is 0.298. The number of nitrogens with zero attached hydrogens (tertiary/aromatic N) is 1. The van der Waals surface area contributed by atoms with Crippen LogP contribution in [0, 0.1) is 0 Å². The lowest BCUT2D eigenvalue weighted by Gasteiger charge is -2.24. The van der Waals surface area contributed by atoms with Crippen molar-refractivity contribution in [3.05, 3.63) is 30.1 Å². The first-order valence-corrected chi connectivity index (χ1v) is 8.03. The molecule has 1 atom stereocenters. The van der Waals surface area contributed by atoms with E-state index < -0.39 is 0 Å². The second-order valence-corrected chi connectivity index (χ2v) is 6.07. The predicted octanol–water partition coefficient (Wildman–Crippen LogP) is 4.33. The fraction of sp³-hybridized carbons (Fsp3) is 0.588. The summed E-state index contributed by atoms with van der Waals surface area (Å²) >= 11 is 0.